The Morgan fingerprint density at radius 1 is 1.43 bits per heavy atom. The quantitative estimate of drug-likeness (QED) is 0.734. The normalized spacial score (nSPS) is 22.3. The highest BCUT2D eigenvalue weighted by atomic mass is 32.2. The number of rotatable bonds is 1. The molecule has 1 fully saturated rings. The molecule has 1 aromatic rings. The van der Waals surface area contributed by atoms with Gasteiger partial charge in [0.25, 0.3) is 0 Å². The second kappa shape index (κ2) is 3.27. The van der Waals surface area contributed by atoms with Crippen molar-refractivity contribution < 1.29 is 13.5 Å². The summed E-state index contributed by atoms with van der Waals surface area (Å²) in [5.74, 6) is 0.565. The van der Waals surface area contributed by atoms with Crippen LogP contribution in [0.15, 0.2) is 12.4 Å². The third kappa shape index (κ3) is 1.89. The van der Waals surface area contributed by atoms with Crippen molar-refractivity contribution in [1.82, 2.24) is 9.78 Å². The van der Waals surface area contributed by atoms with Crippen molar-refractivity contribution in [2.45, 2.75) is 18.9 Å². The van der Waals surface area contributed by atoms with E-state index in [9.17, 15) is 8.42 Å². The second-order valence-electron chi connectivity index (χ2n) is 3.56. The van der Waals surface area contributed by atoms with E-state index < -0.39 is 9.84 Å². The smallest absolute Gasteiger partial charge is 0.153 e. The van der Waals surface area contributed by atoms with Gasteiger partial charge in [0.15, 0.2) is 5.75 Å². The lowest BCUT2D eigenvalue weighted by molar-refractivity contribution is 0.410. The van der Waals surface area contributed by atoms with Crippen molar-refractivity contribution in [3.05, 3.63) is 12.4 Å². The molecular formula is C8H12N2O3S. The largest absolute Gasteiger partial charge is 0.505 e. The molecule has 2 rings (SSSR count). The molecule has 1 aromatic heterocycles. The number of nitrogens with zero attached hydrogens (tertiary/aromatic N) is 2. The molecule has 6 heteroatoms. The minimum Gasteiger partial charge on any atom is -0.505 e. The summed E-state index contributed by atoms with van der Waals surface area (Å²) in [5, 5.41) is 13.0. The number of aromatic hydroxyl groups is 1. The highest BCUT2D eigenvalue weighted by Gasteiger charge is 2.25. The molecule has 0 saturated carbocycles. The van der Waals surface area contributed by atoms with Crippen molar-refractivity contribution in [2.24, 2.45) is 0 Å². The van der Waals surface area contributed by atoms with E-state index in [2.05, 4.69) is 5.10 Å². The lowest BCUT2D eigenvalue weighted by Crippen LogP contribution is -2.25. The predicted molar refractivity (Wildman–Crippen MR) is 50.8 cm³/mol. The van der Waals surface area contributed by atoms with Gasteiger partial charge in [0.2, 0.25) is 0 Å². The molecule has 0 aliphatic carbocycles. The predicted octanol–water partition coefficient (Wildman–Crippen LogP) is 0.338. The molecule has 1 saturated heterocycles. The first kappa shape index (κ1) is 9.51. The van der Waals surface area contributed by atoms with E-state index in [1.807, 2.05) is 0 Å². The summed E-state index contributed by atoms with van der Waals surface area (Å²) in [4.78, 5) is 0. The maximum Gasteiger partial charge on any atom is 0.153 e. The van der Waals surface area contributed by atoms with Crippen LogP contribution in [0.2, 0.25) is 0 Å². The summed E-state index contributed by atoms with van der Waals surface area (Å²) >= 11 is 0. The Kier molecular flexibility index (Phi) is 2.22. The summed E-state index contributed by atoms with van der Waals surface area (Å²) in [6.07, 6.45) is 4.07. The number of hydrogen-bond donors (Lipinski definition) is 1. The Balaban J connectivity index is 2.09. The van der Waals surface area contributed by atoms with Gasteiger partial charge in [0, 0.05) is 0 Å². The topological polar surface area (TPSA) is 72.2 Å². The third-order valence-corrected chi connectivity index (χ3v) is 4.20. The molecule has 2 heterocycles. The summed E-state index contributed by atoms with van der Waals surface area (Å²) in [6, 6.07) is 0.111. The van der Waals surface area contributed by atoms with E-state index in [1.165, 1.54) is 12.4 Å². The van der Waals surface area contributed by atoms with Crippen LogP contribution >= 0.6 is 0 Å². The van der Waals surface area contributed by atoms with Crippen LogP contribution in [0, 0.1) is 0 Å². The lowest BCUT2D eigenvalue weighted by atomic mass is 10.2. The summed E-state index contributed by atoms with van der Waals surface area (Å²) < 4.78 is 24.0. The zero-order valence-electron chi connectivity index (χ0n) is 7.63. The van der Waals surface area contributed by atoms with Crippen LogP contribution in [0.25, 0.3) is 0 Å². The van der Waals surface area contributed by atoms with Crippen LogP contribution in [-0.2, 0) is 9.84 Å². The van der Waals surface area contributed by atoms with E-state index >= 15 is 0 Å². The fourth-order valence-corrected chi connectivity index (χ4v) is 3.14. The van der Waals surface area contributed by atoms with Crippen molar-refractivity contribution in [2.75, 3.05) is 11.5 Å². The van der Waals surface area contributed by atoms with Crippen LogP contribution in [-0.4, -0.2) is 34.8 Å². The first-order valence-electron chi connectivity index (χ1n) is 4.50. The van der Waals surface area contributed by atoms with E-state index in [4.69, 9.17) is 5.11 Å². The van der Waals surface area contributed by atoms with Gasteiger partial charge in [-0.05, 0) is 12.8 Å². The number of sulfone groups is 1. The maximum atomic E-state index is 11.2. The molecule has 14 heavy (non-hydrogen) atoms. The lowest BCUT2D eigenvalue weighted by Gasteiger charge is -2.21. The monoisotopic (exact) mass is 216 g/mol. The van der Waals surface area contributed by atoms with Gasteiger partial charge in [-0.2, -0.15) is 5.10 Å². The van der Waals surface area contributed by atoms with Crippen molar-refractivity contribution in [3.63, 3.8) is 0 Å². The van der Waals surface area contributed by atoms with Crippen LogP contribution in [0.5, 0.6) is 5.75 Å². The van der Waals surface area contributed by atoms with Gasteiger partial charge in [-0.25, -0.2) is 8.42 Å². The highest BCUT2D eigenvalue weighted by Crippen LogP contribution is 2.24. The van der Waals surface area contributed by atoms with Gasteiger partial charge in [0.1, 0.15) is 9.84 Å². The van der Waals surface area contributed by atoms with Gasteiger partial charge in [-0.1, -0.05) is 0 Å². The standard InChI is InChI=1S/C8H12N2O3S/c11-8-5-9-10(6-8)7-1-3-14(12,13)4-2-7/h5-7,11H,1-4H2. The Morgan fingerprint density at radius 3 is 2.57 bits per heavy atom. The van der Waals surface area contributed by atoms with Crippen LogP contribution in [0.1, 0.15) is 18.9 Å². The Labute approximate surface area is 82.3 Å². The molecule has 0 unspecified atom stereocenters. The Morgan fingerprint density at radius 2 is 2.07 bits per heavy atom. The minimum absolute atomic E-state index is 0.111. The minimum atomic E-state index is -2.82. The first-order valence-corrected chi connectivity index (χ1v) is 6.32. The molecule has 0 aromatic carbocycles. The van der Waals surface area contributed by atoms with Gasteiger partial charge >= 0.3 is 0 Å². The van der Waals surface area contributed by atoms with Crippen LogP contribution < -0.4 is 0 Å². The third-order valence-electron chi connectivity index (χ3n) is 2.49. The van der Waals surface area contributed by atoms with Gasteiger partial charge in [-0.3, -0.25) is 4.68 Å². The average molecular weight is 216 g/mol. The first-order chi connectivity index (χ1) is 6.57. The number of hydrogen-bond acceptors (Lipinski definition) is 4. The molecule has 0 bridgehead atoms. The average Bonchev–Trinajstić information content (AvgIpc) is 2.52. The Bertz CT molecular complexity index is 410. The molecule has 78 valence electrons. The Hall–Kier alpha value is -1.04. The molecule has 1 aliphatic heterocycles. The summed E-state index contributed by atoms with van der Waals surface area (Å²) in [5.41, 5.74) is 0. The van der Waals surface area contributed by atoms with Gasteiger partial charge in [0.05, 0.1) is 29.9 Å². The molecule has 0 radical (unpaired) electrons. The second-order valence-corrected chi connectivity index (χ2v) is 5.87. The van der Waals surface area contributed by atoms with Crippen molar-refractivity contribution >= 4 is 9.84 Å². The molecular weight excluding hydrogens is 204 g/mol. The van der Waals surface area contributed by atoms with E-state index in [0.717, 1.165) is 0 Å². The zero-order chi connectivity index (χ0) is 10.2. The van der Waals surface area contributed by atoms with Crippen molar-refractivity contribution in [1.29, 1.82) is 0 Å². The zero-order valence-corrected chi connectivity index (χ0v) is 8.44. The summed E-state index contributed by atoms with van der Waals surface area (Å²) in [7, 11) is -2.82. The van der Waals surface area contributed by atoms with Gasteiger partial charge in [-0.15, -0.1) is 0 Å². The SMILES string of the molecule is O=S1(=O)CCC(n2cc(O)cn2)CC1. The molecule has 1 aliphatic rings. The fraction of sp³-hybridized carbons (Fsp3) is 0.625. The van der Waals surface area contributed by atoms with Crippen LogP contribution in [0.3, 0.4) is 0 Å². The van der Waals surface area contributed by atoms with E-state index in [-0.39, 0.29) is 23.3 Å². The summed E-state index contributed by atoms with van der Waals surface area (Å²) in [6.45, 7) is 0. The van der Waals surface area contributed by atoms with Crippen LogP contribution in [0.4, 0.5) is 0 Å². The van der Waals surface area contributed by atoms with Gasteiger partial charge < -0.3 is 5.11 Å². The van der Waals surface area contributed by atoms with E-state index in [1.54, 1.807) is 4.68 Å². The van der Waals surface area contributed by atoms with E-state index in [0.29, 0.717) is 12.8 Å². The molecule has 1 N–H and O–H groups in total. The number of aromatic nitrogens is 2. The molecule has 5 nitrogen and oxygen atoms in total. The van der Waals surface area contributed by atoms with Crippen molar-refractivity contribution in [3.8, 4) is 5.75 Å². The fourth-order valence-electron chi connectivity index (χ4n) is 1.67. The molecule has 0 spiro atoms. The molecule has 0 atom stereocenters. The molecule has 0 amide bonds. The maximum absolute atomic E-state index is 11.2. The highest BCUT2D eigenvalue weighted by molar-refractivity contribution is 7.91.